The van der Waals surface area contributed by atoms with E-state index in [0.717, 1.165) is 15.9 Å². The molecule has 0 N–H and O–H groups in total. The molecule has 0 aromatic heterocycles. The number of rotatable bonds is 1. The third-order valence-electron chi connectivity index (χ3n) is 3.50. The van der Waals surface area contributed by atoms with Crippen LogP contribution in [0.15, 0.2) is 0 Å². The minimum absolute atomic E-state index is 0.862. The van der Waals surface area contributed by atoms with Crippen molar-refractivity contribution in [2.75, 3.05) is 26.8 Å². The van der Waals surface area contributed by atoms with Crippen LogP contribution < -0.4 is 0 Å². The summed E-state index contributed by atoms with van der Waals surface area (Å²) in [5.41, 5.74) is 0. The molecule has 2 bridgehead atoms. The molecule has 76 valence electrons. The first-order valence-electron chi connectivity index (χ1n) is 5.29. The van der Waals surface area contributed by atoms with Crippen molar-refractivity contribution in [3.05, 3.63) is 0 Å². The number of halogens is 1. The number of alkyl halides is 1. The normalized spacial score (nSPS) is 42.2. The molecule has 2 nitrogen and oxygen atoms in total. The zero-order chi connectivity index (χ0) is 9.42. The van der Waals surface area contributed by atoms with Gasteiger partial charge < -0.3 is 0 Å². The summed E-state index contributed by atoms with van der Waals surface area (Å²) in [6.45, 7) is 5.98. The second-order valence-corrected chi connectivity index (χ2v) is 5.87. The summed E-state index contributed by atoms with van der Waals surface area (Å²) in [5, 5.41) is 0. The fourth-order valence-corrected chi connectivity index (χ4v) is 4.20. The summed E-state index contributed by atoms with van der Waals surface area (Å²) in [7, 11) is 2.26. The molecule has 3 heteroatoms. The molecule has 3 unspecified atom stereocenters. The van der Waals surface area contributed by atoms with Gasteiger partial charge in [0.25, 0.3) is 0 Å². The highest BCUT2D eigenvalue weighted by molar-refractivity contribution is 14.1. The van der Waals surface area contributed by atoms with Crippen molar-refractivity contribution < 1.29 is 0 Å². The third-order valence-corrected chi connectivity index (χ3v) is 5.34. The van der Waals surface area contributed by atoms with E-state index in [1.54, 1.807) is 0 Å². The van der Waals surface area contributed by atoms with Crippen molar-refractivity contribution in [3.63, 3.8) is 0 Å². The first-order valence-corrected chi connectivity index (χ1v) is 6.53. The van der Waals surface area contributed by atoms with Gasteiger partial charge in [0, 0.05) is 16.5 Å². The van der Waals surface area contributed by atoms with Crippen molar-refractivity contribution in [3.8, 4) is 0 Å². The Bertz CT molecular complexity index is 186. The van der Waals surface area contributed by atoms with E-state index in [1.165, 1.54) is 32.6 Å². The van der Waals surface area contributed by atoms with E-state index in [2.05, 4.69) is 46.4 Å². The van der Waals surface area contributed by atoms with Crippen molar-refractivity contribution in [1.82, 2.24) is 9.80 Å². The molecule has 0 amide bonds. The van der Waals surface area contributed by atoms with Crippen molar-refractivity contribution >= 4 is 22.6 Å². The molecule has 1 aliphatic heterocycles. The summed E-state index contributed by atoms with van der Waals surface area (Å²) < 4.78 is 0.891. The van der Waals surface area contributed by atoms with Gasteiger partial charge >= 0.3 is 0 Å². The number of fused-ring (bicyclic) bond motifs is 2. The molecular weight excluding hydrogens is 275 g/mol. The first-order chi connectivity index (χ1) is 6.22. The van der Waals surface area contributed by atoms with Crippen molar-refractivity contribution in [2.45, 2.75) is 29.7 Å². The van der Waals surface area contributed by atoms with Gasteiger partial charge in [0.1, 0.15) is 0 Å². The van der Waals surface area contributed by atoms with Gasteiger partial charge in [-0.1, -0.05) is 29.5 Å². The van der Waals surface area contributed by atoms with Crippen LogP contribution in [-0.2, 0) is 0 Å². The minimum atomic E-state index is 0.862. The van der Waals surface area contributed by atoms with Gasteiger partial charge in [-0.25, -0.2) is 0 Å². The summed E-state index contributed by atoms with van der Waals surface area (Å²) >= 11 is 2.68. The van der Waals surface area contributed by atoms with Crippen LogP contribution in [0.1, 0.15) is 19.8 Å². The Balaban J connectivity index is 2.13. The van der Waals surface area contributed by atoms with Crippen molar-refractivity contribution in [2.24, 2.45) is 5.92 Å². The Morgan fingerprint density at radius 1 is 1.38 bits per heavy atom. The summed E-state index contributed by atoms with van der Waals surface area (Å²) in [5.74, 6) is 0.951. The van der Waals surface area contributed by atoms with E-state index in [-0.39, 0.29) is 0 Å². The first kappa shape index (κ1) is 10.2. The van der Waals surface area contributed by atoms with Gasteiger partial charge in [0.2, 0.25) is 0 Å². The number of hydrogen-bond acceptors (Lipinski definition) is 2. The Morgan fingerprint density at radius 2 is 2.15 bits per heavy atom. The van der Waals surface area contributed by atoms with E-state index in [0.29, 0.717) is 0 Å². The molecule has 3 atom stereocenters. The molecular formula is C10H19IN2. The lowest BCUT2D eigenvalue weighted by molar-refractivity contribution is 0.130. The highest BCUT2D eigenvalue weighted by Crippen LogP contribution is 2.37. The van der Waals surface area contributed by atoms with Crippen LogP contribution in [0.25, 0.3) is 0 Å². The van der Waals surface area contributed by atoms with Gasteiger partial charge in [-0.3, -0.25) is 9.80 Å². The second-order valence-electron chi connectivity index (χ2n) is 4.43. The van der Waals surface area contributed by atoms with Gasteiger partial charge in [0.05, 0.1) is 6.67 Å². The fraction of sp³-hybridized carbons (Fsp3) is 1.00. The van der Waals surface area contributed by atoms with Gasteiger partial charge in [-0.2, -0.15) is 0 Å². The average Bonchev–Trinajstić information content (AvgIpc) is 2.37. The van der Waals surface area contributed by atoms with Crippen LogP contribution in [-0.4, -0.2) is 46.6 Å². The monoisotopic (exact) mass is 294 g/mol. The third kappa shape index (κ3) is 1.88. The summed E-state index contributed by atoms with van der Waals surface area (Å²) in [6, 6.07) is 0.862. The van der Waals surface area contributed by atoms with E-state index >= 15 is 0 Å². The summed E-state index contributed by atoms with van der Waals surface area (Å²) in [6.07, 6.45) is 2.87. The fourth-order valence-electron chi connectivity index (χ4n) is 2.80. The molecule has 13 heavy (non-hydrogen) atoms. The van der Waals surface area contributed by atoms with E-state index in [9.17, 15) is 0 Å². The molecule has 1 saturated heterocycles. The second kappa shape index (κ2) is 4.03. The van der Waals surface area contributed by atoms with Gasteiger partial charge in [0.15, 0.2) is 0 Å². The molecule has 0 aromatic carbocycles. The lowest BCUT2D eigenvalue weighted by atomic mass is 10.1. The SMILES string of the molecule is CCN1CN(C)CC2CCC1C2I. The molecule has 0 spiro atoms. The molecule has 2 aliphatic rings. The quantitative estimate of drug-likeness (QED) is 0.537. The Morgan fingerprint density at radius 3 is 2.85 bits per heavy atom. The minimum Gasteiger partial charge on any atom is -0.293 e. The van der Waals surface area contributed by atoms with Crippen LogP contribution in [0.3, 0.4) is 0 Å². The maximum absolute atomic E-state index is 2.68. The molecule has 2 fully saturated rings. The predicted octanol–water partition coefficient (Wildman–Crippen LogP) is 1.79. The lowest BCUT2D eigenvalue weighted by Gasteiger charge is -2.30. The standard InChI is InChI=1S/C10H19IN2/c1-3-13-7-12(2)6-8-4-5-9(13)10(8)11/h8-10H,3-7H2,1-2H3. The summed E-state index contributed by atoms with van der Waals surface area (Å²) in [4.78, 5) is 5.13. The van der Waals surface area contributed by atoms with Gasteiger partial charge in [-0.15, -0.1) is 0 Å². The highest BCUT2D eigenvalue weighted by Gasteiger charge is 2.40. The van der Waals surface area contributed by atoms with Crippen LogP contribution >= 0.6 is 22.6 Å². The van der Waals surface area contributed by atoms with E-state index < -0.39 is 0 Å². The Kier molecular flexibility index (Phi) is 3.15. The molecule has 2 rings (SSSR count). The number of hydrogen-bond donors (Lipinski definition) is 0. The van der Waals surface area contributed by atoms with Crippen LogP contribution in [0.4, 0.5) is 0 Å². The zero-order valence-electron chi connectivity index (χ0n) is 8.54. The Hall–Kier alpha value is 0.650. The molecule has 0 radical (unpaired) electrons. The van der Waals surface area contributed by atoms with Crippen LogP contribution in [0, 0.1) is 5.92 Å². The van der Waals surface area contributed by atoms with E-state index in [4.69, 9.17) is 0 Å². The maximum atomic E-state index is 2.68. The Labute approximate surface area is 94.8 Å². The van der Waals surface area contributed by atoms with E-state index in [1.807, 2.05) is 0 Å². The number of nitrogens with zero attached hydrogens (tertiary/aromatic N) is 2. The topological polar surface area (TPSA) is 6.48 Å². The van der Waals surface area contributed by atoms with Crippen LogP contribution in [0.5, 0.6) is 0 Å². The smallest absolute Gasteiger partial charge is 0.0506 e. The largest absolute Gasteiger partial charge is 0.293 e. The zero-order valence-corrected chi connectivity index (χ0v) is 10.7. The maximum Gasteiger partial charge on any atom is 0.0506 e. The lowest BCUT2D eigenvalue weighted by Crippen LogP contribution is -2.41. The van der Waals surface area contributed by atoms with Gasteiger partial charge in [-0.05, 0) is 32.4 Å². The average molecular weight is 294 g/mol. The molecule has 1 saturated carbocycles. The van der Waals surface area contributed by atoms with Crippen molar-refractivity contribution in [1.29, 1.82) is 0 Å². The highest BCUT2D eigenvalue weighted by atomic mass is 127. The molecule has 0 aromatic rings. The predicted molar refractivity (Wildman–Crippen MR) is 64.2 cm³/mol. The molecule has 1 aliphatic carbocycles. The molecule has 1 heterocycles. The van der Waals surface area contributed by atoms with Crippen LogP contribution in [0.2, 0.25) is 0 Å².